The van der Waals surface area contributed by atoms with Crippen molar-refractivity contribution < 1.29 is 4.74 Å². The fraction of sp³-hybridized carbons (Fsp3) is 0.278. The van der Waals surface area contributed by atoms with Crippen molar-refractivity contribution in [3.8, 4) is 5.75 Å². The molecule has 0 heterocycles. The van der Waals surface area contributed by atoms with Crippen molar-refractivity contribution in [1.82, 2.24) is 5.43 Å². The number of hydrogen-bond donors (Lipinski definition) is 1. The molecular weight excluding hydrogens is 260 g/mol. The first-order valence-electron chi connectivity index (χ1n) is 7.08. The van der Waals surface area contributed by atoms with E-state index in [-0.39, 0.29) is 0 Å². The van der Waals surface area contributed by atoms with Crippen LogP contribution in [0.15, 0.2) is 47.6 Å². The van der Waals surface area contributed by atoms with Gasteiger partial charge in [-0.1, -0.05) is 35.9 Å². The summed E-state index contributed by atoms with van der Waals surface area (Å²) in [5.41, 5.74) is 8.88. The molecule has 2 rings (SSSR count). The summed E-state index contributed by atoms with van der Waals surface area (Å²) in [6.45, 7) is 6.87. The van der Waals surface area contributed by atoms with E-state index in [4.69, 9.17) is 4.74 Å². The minimum absolute atomic E-state index is 0.645. The second kappa shape index (κ2) is 6.93. The van der Waals surface area contributed by atoms with Gasteiger partial charge in [0.05, 0.1) is 19.4 Å². The quantitative estimate of drug-likeness (QED) is 0.668. The maximum absolute atomic E-state index is 5.33. The van der Waals surface area contributed by atoms with Crippen LogP contribution in [0, 0.1) is 13.8 Å². The Kier molecular flexibility index (Phi) is 4.99. The van der Waals surface area contributed by atoms with Crippen molar-refractivity contribution in [2.24, 2.45) is 5.10 Å². The molecule has 0 unspecified atom stereocenters. The first-order valence-corrected chi connectivity index (χ1v) is 7.08. The van der Waals surface area contributed by atoms with Crippen molar-refractivity contribution in [2.45, 2.75) is 27.3 Å². The third-order valence-electron chi connectivity index (χ3n) is 3.49. The van der Waals surface area contributed by atoms with E-state index < -0.39 is 0 Å². The number of aryl methyl sites for hydroxylation is 2. The van der Waals surface area contributed by atoms with Gasteiger partial charge >= 0.3 is 0 Å². The number of hydrazone groups is 1. The molecule has 0 aliphatic carbocycles. The number of rotatable bonds is 5. The molecule has 0 fully saturated rings. The maximum atomic E-state index is 5.33. The van der Waals surface area contributed by atoms with Crippen LogP contribution in [0.2, 0.25) is 0 Å². The normalized spacial score (nSPS) is 11.3. The van der Waals surface area contributed by atoms with E-state index in [2.05, 4.69) is 42.6 Å². The zero-order valence-corrected chi connectivity index (χ0v) is 13.1. The number of methoxy groups -OCH3 is 1. The minimum atomic E-state index is 0.645. The monoisotopic (exact) mass is 282 g/mol. The van der Waals surface area contributed by atoms with Gasteiger partial charge in [-0.05, 0) is 38.5 Å². The van der Waals surface area contributed by atoms with E-state index in [1.165, 1.54) is 16.7 Å². The predicted molar refractivity (Wildman–Crippen MR) is 88.0 cm³/mol. The number of para-hydroxylation sites is 1. The number of nitrogens with zero attached hydrogens (tertiary/aromatic N) is 1. The lowest BCUT2D eigenvalue weighted by molar-refractivity contribution is 0.408. The molecule has 21 heavy (non-hydrogen) atoms. The summed E-state index contributed by atoms with van der Waals surface area (Å²) in [7, 11) is 1.68. The van der Waals surface area contributed by atoms with Crippen LogP contribution < -0.4 is 10.2 Å². The largest absolute Gasteiger partial charge is 0.496 e. The van der Waals surface area contributed by atoms with Crippen LogP contribution in [-0.2, 0) is 6.54 Å². The molecule has 2 aromatic rings. The zero-order valence-electron chi connectivity index (χ0n) is 13.1. The summed E-state index contributed by atoms with van der Waals surface area (Å²) in [4.78, 5) is 0. The average Bonchev–Trinajstić information content (AvgIpc) is 2.50. The lowest BCUT2D eigenvalue weighted by Crippen LogP contribution is -2.11. The van der Waals surface area contributed by atoms with Gasteiger partial charge in [-0.15, -0.1) is 0 Å². The highest BCUT2D eigenvalue weighted by atomic mass is 16.5. The molecule has 0 bridgehead atoms. The molecule has 1 N–H and O–H groups in total. The first-order chi connectivity index (χ1) is 10.1. The molecule has 3 heteroatoms. The standard InChI is InChI=1S/C18H22N2O/c1-13-9-10-14(2)17(11-13)15(3)20-19-12-16-7-5-6-8-18(16)21-4/h5-11,19H,12H2,1-4H3/b20-15-. The van der Waals surface area contributed by atoms with Crippen molar-refractivity contribution in [3.05, 3.63) is 64.7 Å². The molecule has 3 nitrogen and oxygen atoms in total. The van der Waals surface area contributed by atoms with Crippen molar-refractivity contribution in [1.29, 1.82) is 0 Å². The Labute approximate surface area is 126 Å². The second-order valence-electron chi connectivity index (χ2n) is 5.16. The van der Waals surface area contributed by atoms with Gasteiger partial charge in [0.15, 0.2) is 0 Å². The van der Waals surface area contributed by atoms with Crippen LogP contribution in [0.5, 0.6) is 5.75 Å². The smallest absolute Gasteiger partial charge is 0.123 e. The van der Waals surface area contributed by atoms with Crippen molar-refractivity contribution >= 4 is 5.71 Å². The molecule has 0 amide bonds. The maximum Gasteiger partial charge on any atom is 0.123 e. The molecule has 110 valence electrons. The Morgan fingerprint density at radius 3 is 2.67 bits per heavy atom. The zero-order chi connectivity index (χ0) is 15.2. The second-order valence-corrected chi connectivity index (χ2v) is 5.16. The van der Waals surface area contributed by atoms with E-state index >= 15 is 0 Å². The lowest BCUT2D eigenvalue weighted by atomic mass is 10.0. The van der Waals surface area contributed by atoms with Crippen LogP contribution >= 0.6 is 0 Å². The fourth-order valence-electron chi connectivity index (χ4n) is 2.28. The Balaban J connectivity index is 2.09. The molecule has 0 saturated heterocycles. The summed E-state index contributed by atoms with van der Waals surface area (Å²) in [6.07, 6.45) is 0. The van der Waals surface area contributed by atoms with Gasteiger partial charge in [0.2, 0.25) is 0 Å². The highest BCUT2D eigenvalue weighted by Gasteiger charge is 2.03. The molecule has 0 aliphatic heterocycles. The third kappa shape index (κ3) is 3.85. The molecule has 2 aromatic carbocycles. The molecule has 0 atom stereocenters. The predicted octanol–water partition coefficient (Wildman–Crippen LogP) is 3.83. The van der Waals surface area contributed by atoms with Crippen LogP contribution in [-0.4, -0.2) is 12.8 Å². The fourth-order valence-corrected chi connectivity index (χ4v) is 2.28. The Hall–Kier alpha value is -2.29. The summed E-state index contributed by atoms with van der Waals surface area (Å²) >= 11 is 0. The SMILES string of the molecule is COc1ccccc1CN/N=C(/C)c1cc(C)ccc1C. The summed E-state index contributed by atoms with van der Waals surface area (Å²) in [5, 5.41) is 4.48. The van der Waals surface area contributed by atoms with E-state index in [9.17, 15) is 0 Å². The molecular formula is C18H22N2O. The number of ether oxygens (including phenoxy) is 1. The molecule has 0 radical (unpaired) electrons. The number of benzene rings is 2. The third-order valence-corrected chi connectivity index (χ3v) is 3.49. The van der Waals surface area contributed by atoms with E-state index in [0.717, 1.165) is 17.0 Å². The van der Waals surface area contributed by atoms with E-state index in [1.54, 1.807) is 7.11 Å². The lowest BCUT2D eigenvalue weighted by Gasteiger charge is -2.10. The van der Waals surface area contributed by atoms with Crippen molar-refractivity contribution in [3.63, 3.8) is 0 Å². The molecule has 0 aromatic heterocycles. The number of nitrogens with one attached hydrogen (secondary N) is 1. The number of hydrogen-bond acceptors (Lipinski definition) is 3. The summed E-state index contributed by atoms with van der Waals surface area (Å²) in [5.74, 6) is 0.879. The Bertz CT molecular complexity index is 647. The van der Waals surface area contributed by atoms with Gasteiger partial charge in [-0.3, -0.25) is 0 Å². The molecule has 0 aliphatic rings. The average molecular weight is 282 g/mol. The Morgan fingerprint density at radius 1 is 1.14 bits per heavy atom. The minimum Gasteiger partial charge on any atom is -0.496 e. The summed E-state index contributed by atoms with van der Waals surface area (Å²) in [6, 6.07) is 14.4. The van der Waals surface area contributed by atoms with E-state index in [0.29, 0.717) is 6.54 Å². The topological polar surface area (TPSA) is 33.6 Å². The summed E-state index contributed by atoms with van der Waals surface area (Å²) < 4.78 is 5.33. The van der Waals surface area contributed by atoms with Gasteiger partial charge in [-0.2, -0.15) is 5.10 Å². The van der Waals surface area contributed by atoms with Gasteiger partial charge in [0, 0.05) is 11.1 Å². The van der Waals surface area contributed by atoms with E-state index in [1.807, 2.05) is 31.2 Å². The van der Waals surface area contributed by atoms with Crippen LogP contribution in [0.3, 0.4) is 0 Å². The Morgan fingerprint density at radius 2 is 1.90 bits per heavy atom. The first kappa shape index (κ1) is 15.1. The van der Waals surface area contributed by atoms with Gasteiger partial charge in [-0.25, -0.2) is 0 Å². The highest BCUT2D eigenvalue weighted by Crippen LogP contribution is 2.17. The van der Waals surface area contributed by atoms with Gasteiger partial charge in [0.1, 0.15) is 5.75 Å². The van der Waals surface area contributed by atoms with Crippen molar-refractivity contribution in [2.75, 3.05) is 7.11 Å². The molecule has 0 spiro atoms. The van der Waals surface area contributed by atoms with Gasteiger partial charge in [0.25, 0.3) is 0 Å². The molecule has 0 saturated carbocycles. The highest BCUT2D eigenvalue weighted by molar-refractivity contribution is 5.99. The van der Waals surface area contributed by atoms with Crippen LogP contribution in [0.1, 0.15) is 29.2 Å². The van der Waals surface area contributed by atoms with Crippen LogP contribution in [0.4, 0.5) is 0 Å². The van der Waals surface area contributed by atoms with Crippen LogP contribution in [0.25, 0.3) is 0 Å². The van der Waals surface area contributed by atoms with Gasteiger partial charge < -0.3 is 10.2 Å².